The van der Waals surface area contributed by atoms with Crippen molar-refractivity contribution in [1.29, 1.82) is 0 Å². The fraction of sp³-hybridized carbons (Fsp3) is 0.930. The third-order valence-corrected chi connectivity index (χ3v) is 17.7. The molecule has 1 amide bonds. The number of nitrogens with zero attached hydrogens (tertiary/aromatic N) is 1. The Hall–Kier alpha value is -1.02. The molecule has 0 bridgehead atoms. The van der Waals surface area contributed by atoms with Crippen LogP contribution in [0.4, 0.5) is 0 Å². The molecule has 0 aromatic heterocycles. The molecule has 9 heteroatoms. The van der Waals surface area contributed by atoms with E-state index >= 15 is 0 Å². The molecule has 0 aliphatic carbocycles. The number of nitrogens with one attached hydrogen (secondary N) is 1. The summed E-state index contributed by atoms with van der Waals surface area (Å²) in [6, 6.07) is -0.758. The molecular weight excluding hydrogens is 1010 g/mol. The van der Waals surface area contributed by atoms with Crippen molar-refractivity contribution < 1.29 is 32.9 Å². The smallest absolute Gasteiger partial charge is 0.391 e. The summed E-state index contributed by atoms with van der Waals surface area (Å²) in [5, 5.41) is 14.1. The van der Waals surface area contributed by atoms with Crippen LogP contribution in [0.15, 0.2) is 24.3 Å². The lowest BCUT2D eigenvalue weighted by molar-refractivity contribution is -0.870. The van der Waals surface area contributed by atoms with Gasteiger partial charge in [0, 0.05) is 6.42 Å². The van der Waals surface area contributed by atoms with E-state index in [2.05, 4.69) is 43.5 Å². The van der Waals surface area contributed by atoms with Crippen LogP contribution in [0.3, 0.4) is 0 Å². The van der Waals surface area contributed by atoms with Crippen molar-refractivity contribution in [3.8, 4) is 0 Å². The maximum atomic E-state index is 13.1. The lowest BCUT2D eigenvalue weighted by atomic mass is 10.0. The molecule has 80 heavy (non-hydrogen) atoms. The molecule has 0 aromatic carbocycles. The molecule has 0 heterocycles. The number of likely N-dealkylation sites (N-methyl/N-ethyl adjacent to an activating group) is 1. The monoisotopic (exact) mass is 1150 g/mol. The Bertz CT molecular complexity index is 1350. The summed E-state index contributed by atoms with van der Waals surface area (Å²) in [5.74, 6) is -0.135. The zero-order valence-electron chi connectivity index (χ0n) is 54.6. The maximum absolute atomic E-state index is 13.1. The molecule has 3 N–H and O–H groups in total. The summed E-state index contributed by atoms with van der Waals surface area (Å²) < 4.78 is 23.9. The predicted molar refractivity (Wildman–Crippen MR) is 351 cm³/mol. The molecule has 0 rings (SSSR count). The molecule has 8 nitrogen and oxygen atoms in total. The SMILES string of the molecule is CCCCCCC/C=C\C/C=C\CCCCCCCCCCCCCCCCCCCCCCCCCCCCCC(=O)NC(COP(=O)(O)OCC[N+](C)(C)C)C(O)CCCCCCCCCCCCCCCCCCCCC. The third kappa shape index (κ3) is 64.5. The number of hydrogen-bond donors (Lipinski definition) is 3. The second-order valence-corrected chi connectivity index (χ2v) is 27.4. The minimum Gasteiger partial charge on any atom is -0.391 e. The molecule has 0 spiro atoms. The topological polar surface area (TPSA) is 105 Å². The lowest BCUT2D eigenvalue weighted by Gasteiger charge is -2.26. The summed E-state index contributed by atoms with van der Waals surface area (Å²) in [6.07, 6.45) is 81.5. The number of quaternary nitrogens is 1. The van der Waals surface area contributed by atoms with E-state index in [9.17, 15) is 19.4 Å². The summed E-state index contributed by atoms with van der Waals surface area (Å²) in [6.45, 7) is 4.94. The van der Waals surface area contributed by atoms with Gasteiger partial charge in [-0.15, -0.1) is 0 Å². The van der Waals surface area contributed by atoms with Crippen molar-refractivity contribution in [2.75, 3.05) is 40.9 Å². The molecule has 0 radical (unpaired) electrons. The standard InChI is InChI=1S/C71H141N2O6P/c1-6-8-10-12-14-16-18-20-22-24-26-27-28-29-30-31-32-33-34-35-36-37-38-39-40-41-42-43-44-45-47-49-51-53-55-57-59-61-63-65-71(75)72-69(68-79-80(76,77)78-67-66-73(3,4)5)70(74)64-62-60-58-56-54-52-50-48-46-25-23-21-19-17-15-13-11-9-7-2/h18,20,24,26,69-70,74H,6-17,19,21-23,25,27-68H2,1-5H3,(H-,72,75,76,77)/p+1/b20-18-,26-24-. The van der Waals surface area contributed by atoms with Gasteiger partial charge in [0.1, 0.15) is 13.2 Å². The number of carbonyl (C=O) groups is 1. The average Bonchev–Trinajstić information content (AvgIpc) is 3.42. The second kappa shape index (κ2) is 62.5. The zero-order valence-corrected chi connectivity index (χ0v) is 55.5. The van der Waals surface area contributed by atoms with Gasteiger partial charge in [0.05, 0.1) is 39.9 Å². The number of hydrogen-bond acceptors (Lipinski definition) is 5. The van der Waals surface area contributed by atoms with Gasteiger partial charge in [-0.25, -0.2) is 4.57 Å². The first kappa shape index (κ1) is 79.0. The number of phosphoric acid groups is 1. The number of allylic oxidation sites excluding steroid dienone is 4. The van der Waals surface area contributed by atoms with Gasteiger partial charge in [-0.05, 0) is 44.9 Å². The van der Waals surface area contributed by atoms with Crippen LogP contribution in [-0.2, 0) is 18.4 Å². The number of aliphatic hydroxyl groups is 1. The molecule has 3 unspecified atom stereocenters. The minimum absolute atomic E-state index is 0.0781. The number of phosphoric ester groups is 1. The molecule has 0 aliphatic rings. The predicted octanol–water partition coefficient (Wildman–Crippen LogP) is 22.7. The number of amides is 1. The Labute approximate surface area is 500 Å². The zero-order chi connectivity index (χ0) is 58.4. The van der Waals surface area contributed by atoms with Gasteiger partial charge in [-0.2, -0.15) is 0 Å². The summed E-state index contributed by atoms with van der Waals surface area (Å²) in [5.41, 5.74) is 0. The molecule has 0 aliphatic heterocycles. The van der Waals surface area contributed by atoms with Crippen LogP contribution >= 0.6 is 7.82 Å². The van der Waals surface area contributed by atoms with Gasteiger partial charge in [0.25, 0.3) is 0 Å². The highest BCUT2D eigenvalue weighted by Crippen LogP contribution is 2.43. The highest BCUT2D eigenvalue weighted by Gasteiger charge is 2.28. The molecule has 476 valence electrons. The first-order valence-corrected chi connectivity index (χ1v) is 37.2. The van der Waals surface area contributed by atoms with E-state index in [0.717, 1.165) is 44.9 Å². The van der Waals surface area contributed by atoms with Gasteiger partial charge in [-0.3, -0.25) is 13.8 Å². The van der Waals surface area contributed by atoms with E-state index in [4.69, 9.17) is 9.05 Å². The van der Waals surface area contributed by atoms with Crippen LogP contribution in [0.5, 0.6) is 0 Å². The lowest BCUT2D eigenvalue weighted by Crippen LogP contribution is -2.46. The quantitative estimate of drug-likeness (QED) is 0.0243. The number of unbranched alkanes of at least 4 members (excludes halogenated alkanes) is 50. The van der Waals surface area contributed by atoms with E-state index in [0.29, 0.717) is 23.9 Å². The Morgan fingerprint density at radius 1 is 0.425 bits per heavy atom. The van der Waals surface area contributed by atoms with Gasteiger partial charge in [-0.1, -0.05) is 346 Å². The van der Waals surface area contributed by atoms with Crippen LogP contribution in [0, 0.1) is 0 Å². The molecular formula is C71H142N2O6P+. The largest absolute Gasteiger partial charge is 0.472 e. The fourth-order valence-corrected chi connectivity index (χ4v) is 11.9. The number of carbonyl (C=O) groups excluding carboxylic acids is 1. The second-order valence-electron chi connectivity index (χ2n) is 26.0. The van der Waals surface area contributed by atoms with Gasteiger partial charge < -0.3 is 19.8 Å². The number of aliphatic hydroxyl groups excluding tert-OH is 1. The Morgan fingerprint density at radius 3 is 1.02 bits per heavy atom. The van der Waals surface area contributed by atoms with Gasteiger partial charge in [0.15, 0.2) is 0 Å². The van der Waals surface area contributed by atoms with Crippen LogP contribution < -0.4 is 5.32 Å². The van der Waals surface area contributed by atoms with Crippen molar-refractivity contribution in [3.63, 3.8) is 0 Å². The van der Waals surface area contributed by atoms with Crippen molar-refractivity contribution in [2.45, 2.75) is 386 Å². The first-order chi connectivity index (χ1) is 39.0. The molecule has 3 atom stereocenters. The van der Waals surface area contributed by atoms with Gasteiger partial charge >= 0.3 is 7.82 Å². The van der Waals surface area contributed by atoms with Crippen LogP contribution in [0.2, 0.25) is 0 Å². The van der Waals surface area contributed by atoms with E-state index in [1.54, 1.807) is 0 Å². The molecule has 0 saturated carbocycles. The Kier molecular flexibility index (Phi) is 61.7. The normalized spacial score (nSPS) is 13.7. The van der Waals surface area contributed by atoms with Crippen LogP contribution in [0.1, 0.15) is 373 Å². The highest BCUT2D eigenvalue weighted by molar-refractivity contribution is 7.47. The number of rotatable bonds is 67. The summed E-state index contributed by atoms with van der Waals surface area (Å²) >= 11 is 0. The van der Waals surface area contributed by atoms with E-state index in [1.165, 1.54) is 302 Å². The maximum Gasteiger partial charge on any atom is 0.472 e. The van der Waals surface area contributed by atoms with Crippen molar-refractivity contribution in [3.05, 3.63) is 24.3 Å². The van der Waals surface area contributed by atoms with E-state index in [-0.39, 0.29) is 19.1 Å². The first-order valence-electron chi connectivity index (χ1n) is 35.7. The van der Waals surface area contributed by atoms with Gasteiger partial charge in [0.2, 0.25) is 5.91 Å². The van der Waals surface area contributed by atoms with Crippen LogP contribution in [-0.4, -0.2) is 73.4 Å². The van der Waals surface area contributed by atoms with E-state index < -0.39 is 20.0 Å². The summed E-state index contributed by atoms with van der Waals surface area (Å²) in [7, 11) is 1.64. The van der Waals surface area contributed by atoms with Crippen molar-refractivity contribution in [2.24, 2.45) is 0 Å². The van der Waals surface area contributed by atoms with Crippen molar-refractivity contribution >= 4 is 13.7 Å². The van der Waals surface area contributed by atoms with Crippen molar-refractivity contribution in [1.82, 2.24) is 5.32 Å². The molecule has 0 fully saturated rings. The van der Waals surface area contributed by atoms with E-state index in [1.807, 2.05) is 21.1 Å². The Balaban J connectivity index is 3.88. The third-order valence-electron chi connectivity index (χ3n) is 16.7. The molecule has 0 aromatic rings. The average molecular weight is 1150 g/mol. The molecule has 0 saturated heterocycles. The summed E-state index contributed by atoms with van der Waals surface area (Å²) in [4.78, 5) is 23.4. The highest BCUT2D eigenvalue weighted by atomic mass is 31.2. The Morgan fingerprint density at radius 2 is 0.713 bits per heavy atom. The van der Waals surface area contributed by atoms with Crippen LogP contribution in [0.25, 0.3) is 0 Å². The fourth-order valence-electron chi connectivity index (χ4n) is 11.1. The minimum atomic E-state index is -4.32.